The molecule has 0 bridgehead atoms. The molecule has 0 saturated carbocycles. The van der Waals surface area contributed by atoms with Gasteiger partial charge in [-0.05, 0) is 25.1 Å². The first-order chi connectivity index (χ1) is 9.71. The van der Waals surface area contributed by atoms with E-state index in [2.05, 4.69) is 25.2 Å². The van der Waals surface area contributed by atoms with Gasteiger partial charge in [-0.2, -0.15) is 0 Å². The lowest BCUT2D eigenvalue weighted by Crippen LogP contribution is -2.32. The molecular formula is C16H22ClNO2. The van der Waals surface area contributed by atoms with E-state index in [4.69, 9.17) is 20.8 Å². The molecule has 4 heteroatoms. The van der Waals surface area contributed by atoms with Crippen LogP contribution in [0, 0.1) is 0 Å². The molecule has 110 valence electrons. The predicted octanol–water partition coefficient (Wildman–Crippen LogP) is 4.55. The van der Waals surface area contributed by atoms with Gasteiger partial charge in [0.05, 0.1) is 17.2 Å². The molecule has 2 atom stereocenters. The molecule has 2 unspecified atom stereocenters. The van der Waals surface area contributed by atoms with E-state index in [9.17, 15) is 0 Å². The molecular weight excluding hydrogens is 274 g/mol. The summed E-state index contributed by atoms with van der Waals surface area (Å²) in [4.78, 5) is 0. The molecule has 1 aromatic heterocycles. The number of benzene rings is 1. The first-order valence-corrected chi connectivity index (χ1v) is 7.53. The van der Waals surface area contributed by atoms with Crippen LogP contribution in [0.5, 0.6) is 0 Å². The lowest BCUT2D eigenvalue weighted by atomic mass is 10.0. The van der Waals surface area contributed by atoms with E-state index < -0.39 is 0 Å². The average Bonchev–Trinajstić information content (AvgIpc) is 2.88. The molecule has 0 radical (unpaired) electrons. The third-order valence-corrected chi connectivity index (χ3v) is 3.79. The Morgan fingerprint density at radius 2 is 2.15 bits per heavy atom. The number of fused-ring (bicyclic) bond motifs is 1. The minimum Gasteiger partial charge on any atom is -0.458 e. The third kappa shape index (κ3) is 3.17. The van der Waals surface area contributed by atoms with Crippen molar-refractivity contribution in [3.63, 3.8) is 0 Å². The van der Waals surface area contributed by atoms with E-state index in [1.54, 1.807) is 7.11 Å². The van der Waals surface area contributed by atoms with Gasteiger partial charge in [-0.1, -0.05) is 44.0 Å². The van der Waals surface area contributed by atoms with Crippen molar-refractivity contribution in [2.24, 2.45) is 0 Å². The zero-order valence-electron chi connectivity index (χ0n) is 12.3. The summed E-state index contributed by atoms with van der Waals surface area (Å²) in [5.41, 5.74) is 0.749. The van der Waals surface area contributed by atoms with Gasteiger partial charge in [0.2, 0.25) is 0 Å². The standard InChI is InChI=1S/C16H22ClNO2/c1-4-7-13(19-3)15(18-5-2)14-10-11-8-6-9-12(17)16(11)20-14/h6,8-10,13,15,18H,4-5,7H2,1-3H3. The summed E-state index contributed by atoms with van der Waals surface area (Å²) in [6, 6.07) is 7.90. The van der Waals surface area contributed by atoms with Gasteiger partial charge in [-0.15, -0.1) is 0 Å². The summed E-state index contributed by atoms with van der Waals surface area (Å²) < 4.78 is 11.6. The van der Waals surface area contributed by atoms with Crippen molar-refractivity contribution in [2.45, 2.75) is 38.8 Å². The molecule has 0 saturated heterocycles. The molecule has 2 rings (SSSR count). The van der Waals surface area contributed by atoms with Crippen molar-refractivity contribution in [1.29, 1.82) is 0 Å². The summed E-state index contributed by atoms with van der Waals surface area (Å²) in [6.45, 7) is 5.10. The van der Waals surface area contributed by atoms with Crippen LogP contribution in [0.2, 0.25) is 5.02 Å². The van der Waals surface area contributed by atoms with E-state index in [1.165, 1.54) is 0 Å². The van der Waals surface area contributed by atoms with Gasteiger partial charge in [0.1, 0.15) is 5.76 Å². The molecule has 0 aliphatic heterocycles. The van der Waals surface area contributed by atoms with Crippen LogP contribution in [0.4, 0.5) is 0 Å². The highest BCUT2D eigenvalue weighted by Gasteiger charge is 2.25. The zero-order valence-corrected chi connectivity index (χ0v) is 13.0. The molecule has 1 aromatic carbocycles. The van der Waals surface area contributed by atoms with Crippen LogP contribution >= 0.6 is 11.6 Å². The molecule has 0 aliphatic rings. The number of halogens is 1. The van der Waals surface area contributed by atoms with Crippen LogP contribution in [0.1, 0.15) is 38.5 Å². The summed E-state index contributed by atoms with van der Waals surface area (Å²) in [7, 11) is 1.75. The highest BCUT2D eigenvalue weighted by molar-refractivity contribution is 6.34. The minimum atomic E-state index is 0.0495. The molecule has 0 aliphatic carbocycles. The van der Waals surface area contributed by atoms with E-state index in [-0.39, 0.29) is 12.1 Å². The Balaban J connectivity index is 2.37. The Kier molecular flexibility index (Phi) is 5.46. The Morgan fingerprint density at radius 3 is 2.75 bits per heavy atom. The van der Waals surface area contributed by atoms with Gasteiger partial charge in [0.25, 0.3) is 0 Å². The van der Waals surface area contributed by atoms with Crippen LogP contribution in [-0.2, 0) is 4.74 Å². The molecule has 3 nitrogen and oxygen atoms in total. The second-order valence-electron chi connectivity index (χ2n) is 4.91. The first kappa shape index (κ1) is 15.4. The number of methoxy groups -OCH3 is 1. The monoisotopic (exact) mass is 295 g/mol. The Morgan fingerprint density at radius 1 is 1.35 bits per heavy atom. The Bertz CT molecular complexity index is 552. The smallest absolute Gasteiger partial charge is 0.152 e. The summed E-state index contributed by atoms with van der Waals surface area (Å²) in [5, 5.41) is 5.13. The van der Waals surface area contributed by atoms with E-state index in [1.807, 2.05) is 18.2 Å². The zero-order chi connectivity index (χ0) is 14.5. The Labute approximate surface area is 125 Å². The molecule has 1 N–H and O–H groups in total. The fourth-order valence-electron chi connectivity index (χ4n) is 2.54. The van der Waals surface area contributed by atoms with Crippen LogP contribution in [0.3, 0.4) is 0 Å². The maximum atomic E-state index is 6.18. The maximum Gasteiger partial charge on any atom is 0.152 e. The first-order valence-electron chi connectivity index (χ1n) is 7.15. The lowest BCUT2D eigenvalue weighted by Gasteiger charge is -2.24. The largest absolute Gasteiger partial charge is 0.458 e. The molecule has 20 heavy (non-hydrogen) atoms. The number of nitrogens with one attached hydrogen (secondary N) is 1. The third-order valence-electron chi connectivity index (χ3n) is 3.49. The topological polar surface area (TPSA) is 34.4 Å². The fourth-order valence-corrected chi connectivity index (χ4v) is 2.76. The lowest BCUT2D eigenvalue weighted by molar-refractivity contribution is 0.0547. The predicted molar refractivity (Wildman–Crippen MR) is 83.3 cm³/mol. The Hall–Kier alpha value is -1.03. The quantitative estimate of drug-likeness (QED) is 0.813. The molecule has 2 aromatic rings. The molecule has 0 amide bonds. The number of para-hydroxylation sites is 1. The SMILES string of the molecule is CCCC(OC)C(NCC)c1cc2cccc(Cl)c2o1. The normalized spacial score (nSPS) is 14.6. The highest BCUT2D eigenvalue weighted by Crippen LogP contribution is 2.32. The number of hydrogen-bond acceptors (Lipinski definition) is 3. The molecule has 0 fully saturated rings. The van der Waals surface area contributed by atoms with Crippen LogP contribution in [-0.4, -0.2) is 19.8 Å². The molecule has 0 spiro atoms. The van der Waals surface area contributed by atoms with E-state index >= 15 is 0 Å². The van der Waals surface area contributed by atoms with Gasteiger partial charge in [-0.3, -0.25) is 0 Å². The number of likely N-dealkylation sites (N-methyl/N-ethyl adjacent to an activating group) is 1. The van der Waals surface area contributed by atoms with Gasteiger partial charge < -0.3 is 14.5 Å². The van der Waals surface area contributed by atoms with Crippen LogP contribution in [0.25, 0.3) is 11.0 Å². The summed E-state index contributed by atoms with van der Waals surface area (Å²) in [5.74, 6) is 0.884. The average molecular weight is 296 g/mol. The van der Waals surface area contributed by atoms with Crippen molar-refractivity contribution in [1.82, 2.24) is 5.32 Å². The number of ether oxygens (including phenoxy) is 1. The number of hydrogen-bond donors (Lipinski definition) is 1. The highest BCUT2D eigenvalue weighted by atomic mass is 35.5. The van der Waals surface area contributed by atoms with Crippen molar-refractivity contribution < 1.29 is 9.15 Å². The van der Waals surface area contributed by atoms with Gasteiger partial charge >= 0.3 is 0 Å². The van der Waals surface area contributed by atoms with Crippen molar-refractivity contribution in [3.05, 3.63) is 35.0 Å². The van der Waals surface area contributed by atoms with Crippen molar-refractivity contribution in [3.8, 4) is 0 Å². The van der Waals surface area contributed by atoms with Crippen LogP contribution < -0.4 is 5.32 Å². The fraction of sp³-hybridized carbons (Fsp3) is 0.500. The maximum absolute atomic E-state index is 6.18. The second kappa shape index (κ2) is 7.11. The summed E-state index contributed by atoms with van der Waals surface area (Å²) in [6.07, 6.45) is 2.15. The second-order valence-corrected chi connectivity index (χ2v) is 5.31. The minimum absolute atomic E-state index is 0.0495. The van der Waals surface area contributed by atoms with Gasteiger partial charge in [0.15, 0.2) is 5.58 Å². The van der Waals surface area contributed by atoms with Crippen LogP contribution in [0.15, 0.2) is 28.7 Å². The van der Waals surface area contributed by atoms with Gasteiger partial charge in [-0.25, -0.2) is 0 Å². The van der Waals surface area contributed by atoms with Gasteiger partial charge in [0, 0.05) is 12.5 Å². The number of rotatable bonds is 7. The van der Waals surface area contributed by atoms with Crippen molar-refractivity contribution >= 4 is 22.6 Å². The van der Waals surface area contributed by atoms with Crippen molar-refractivity contribution in [2.75, 3.05) is 13.7 Å². The summed E-state index contributed by atoms with van der Waals surface area (Å²) >= 11 is 6.18. The number of furan rings is 1. The molecule has 1 heterocycles. The van der Waals surface area contributed by atoms with E-state index in [0.717, 1.165) is 36.1 Å². The van der Waals surface area contributed by atoms with E-state index in [0.29, 0.717) is 5.02 Å².